The summed E-state index contributed by atoms with van der Waals surface area (Å²) in [6.45, 7) is 6.83. The standard InChI is InChI=1S/C25H31NO2/c1-4-25(15-22(27)17(2)3)24-23(20-12-8-9-13-21(20)26-24)19(16-28-25)14-18-10-6-5-7-11-18/h5-13,17,19,23-24,26H,4,14-16H2,1-3H3. The molecule has 1 N–H and O–H groups in total. The van der Waals surface area contributed by atoms with Crippen LogP contribution in [0.4, 0.5) is 5.69 Å². The molecular weight excluding hydrogens is 346 g/mol. The number of fused-ring (bicyclic) bond motifs is 3. The number of nitrogens with one attached hydrogen (secondary N) is 1. The molecule has 2 aliphatic heterocycles. The third-order valence-electron chi connectivity index (χ3n) is 6.71. The molecule has 0 radical (unpaired) electrons. The summed E-state index contributed by atoms with van der Waals surface area (Å²) in [5, 5.41) is 3.76. The van der Waals surface area contributed by atoms with Crippen LogP contribution in [0.3, 0.4) is 0 Å². The molecule has 3 nitrogen and oxygen atoms in total. The van der Waals surface area contributed by atoms with Crippen molar-refractivity contribution in [1.29, 1.82) is 0 Å². The normalized spacial score (nSPS) is 28.5. The first kappa shape index (κ1) is 19.2. The van der Waals surface area contributed by atoms with Crippen molar-refractivity contribution in [3.8, 4) is 0 Å². The molecule has 0 saturated carbocycles. The van der Waals surface area contributed by atoms with E-state index in [1.165, 1.54) is 16.8 Å². The molecule has 1 saturated heterocycles. The summed E-state index contributed by atoms with van der Waals surface area (Å²) in [4.78, 5) is 12.7. The van der Waals surface area contributed by atoms with Crippen molar-refractivity contribution >= 4 is 11.5 Å². The number of rotatable bonds is 6. The molecule has 3 heteroatoms. The molecule has 0 aromatic heterocycles. The van der Waals surface area contributed by atoms with Gasteiger partial charge in [-0.1, -0.05) is 69.3 Å². The highest BCUT2D eigenvalue weighted by Gasteiger charge is 2.54. The second kappa shape index (κ2) is 7.71. The minimum atomic E-state index is -0.432. The van der Waals surface area contributed by atoms with Gasteiger partial charge in [0.05, 0.1) is 18.2 Å². The van der Waals surface area contributed by atoms with E-state index in [1.54, 1.807) is 0 Å². The number of ketones is 1. The van der Waals surface area contributed by atoms with Crippen molar-refractivity contribution in [3.05, 3.63) is 65.7 Å². The summed E-state index contributed by atoms with van der Waals surface area (Å²) in [7, 11) is 0. The number of ether oxygens (including phenoxy) is 1. The molecular formula is C25H31NO2. The van der Waals surface area contributed by atoms with Crippen LogP contribution in [0.25, 0.3) is 0 Å². The van der Waals surface area contributed by atoms with E-state index in [4.69, 9.17) is 4.74 Å². The quantitative estimate of drug-likeness (QED) is 0.750. The van der Waals surface area contributed by atoms with E-state index in [0.717, 1.165) is 12.8 Å². The topological polar surface area (TPSA) is 38.3 Å². The molecule has 4 atom stereocenters. The molecule has 2 aromatic rings. The van der Waals surface area contributed by atoms with Gasteiger partial charge in [0.1, 0.15) is 5.78 Å². The van der Waals surface area contributed by atoms with Gasteiger partial charge in [-0.15, -0.1) is 0 Å². The highest BCUT2D eigenvalue weighted by Crippen LogP contribution is 2.51. The molecule has 2 aromatic carbocycles. The van der Waals surface area contributed by atoms with Crippen LogP contribution in [0, 0.1) is 11.8 Å². The zero-order valence-corrected chi connectivity index (χ0v) is 17.2. The smallest absolute Gasteiger partial charge is 0.138 e. The van der Waals surface area contributed by atoms with Crippen molar-refractivity contribution in [1.82, 2.24) is 0 Å². The van der Waals surface area contributed by atoms with E-state index < -0.39 is 5.60 Å². The van der Waals surface area contributed by atoms with Crippen LogP contribution in [0.1, 0.15) is 50.7 Å². The molecule has 0 aliphatic carbocycles. The van der Waals surface area contributed by atoms with Gasteiger partial charge in [0, 0.05) is 23.9 Å². The lowest BCUT2D eigenvalue weighted by atomic mass is 9.69. The maximum absolute atomic E-state index is 12.7. The van der Waals surface area contributed by atoms with Crippen molar-refractivity contribution in [2.75, 3.05) is 11.9 Å². The van der Waals surface area contributed by atoms with E-state index in [-0.39, 0.29) is 12.0 Å². The fraction of sp³-hybridized carbons (Fsp3) is 0.480. The predicted octanol–water partition coefficient (Wildman–Crippen LogP) is 5.22. The number of para-hydroxylation sites is 1. The predicted molar refractivity (Wildman–Crippen MR) is 114 cm³/mol. The zero-order valence-electron chi connectivity index (χ0n) is 17.2. The number of carbonyl (C=O) groups excluding carboxylic acids is 1. The molecule has 1 fully saturated rings. The maximum Gasteiger partial charge on any atom is 0.138 e. The van der Waals surface area contributed by atoms with Gasteiger partial charge in [-0.25, -0.2) is 0 Å². The summed E-state index contributed by atoms with van der Waals surface area (Å²) in [5.74, 6) is 1.10. The highest BCUT2D eigenvalue weighted by atomic mass is 16.5. The number of hydrogen-bond acceptors (Lipinski definition) is 3. The molecule has 0 amide bonds. The van der Waals surface area contributed by atoms with Gasteiger partial charge < -0.3 is 10.1 Å². The molecule has 0 spiro atoms. The Kier molecular flexibility index (Phi) is 5.29. The monoisotopic (exact) mass is 377 g/mol. The van der Waals surface area contributed by atoms with Crippen LogP contribution in [-0.4, -0.2) is 24.0 Å². The fourth-order valence-electron chi connectivity index (χ4n) is 5.02. The van der Waals surface area contributed by atoms with E-state index >= 15 is 0 Å². The molecule has 2 heterocycles. The Morgan fingerprint density at radius 1 is 1.14 bits per heavy atom. The number of carbonyl (C=O) groups is 1. The van der Waals surface area contributed by atoms with Crippen LogP contribution in [0.5, 0.6) is 0 Å². The van der Waals surface area contributed by atoms with E-state index in [9.17, 15) is 4.79 Å². The van der Waals surface area contributed by atoms with Gasteiger partial charge in [-0.05, 0) is 36.0 Å². The van der Waals surface area contributed by atoms with Crippen molar-refractivity contribution in [3.63, 3.8) is 0 Å². The Morgan fingerprint density at radius 3 is 2.57 bits per heavy atom. The molecule has 28 heavy (non-hydrogen) atoms. The summed E-state index contributed by atoms with van der Waals surface area (Å²) in [6.07, 6.45) is 2.32. The van der Waals surface area contributed by atoms with Gasteiger partial charge in [0.25, 0.3) is 0 Å². The summed E-state index contributed by atoms with van der Waals surface area (Å²) < 4.78 is 6.58. The van der Waals surface area contributed by atoms with Gasteiger partial charge in [-0.2, -0.15) is 0 Å². The lowest BCUT2D eigenvalue weighted by Gasteiger charge is -2.48. The van der Waals surface area contributed by atoms with Crippen molar-refractivity contribution in [2.24, 2.45) is 11.8 Å². The van der Waals surface area contributed by atoms with Crippen LogP contribution >= 0.6 is 0 Å². The minimum Gasteiger partial charge on any atom is -0.379 e. The number of hydrogen-bond donors (Lipinski definition) is 1. The van der Waals surface area contributed by atoms with Crippen molar-refractivity contribution in [2.45, 2.75) is 57.6 Å². The average Bonchev–Trinajstić information content (AvgIpc) is 3.11. The largest absolute Gasteiger partial charge is 0.379 e. The second-order valence-corrected chi connectivity index (χ2v) is 8.71. The van der Waals surface area contributed by atoms with Crippen molar-refractivity contribution < 1.29 is 9.53 Å². The molecule has 4 unspecified atom stereocenters. The first-order chi connectivity index (χ1) is 13.5. The number of benzene rings is 2. The summed E-state index contributed by atoms with van der Waals surface area (Å²) in [5.41, 5.74) is 3.50. The Morgan fingerprint density at radius 2 is 1.86 bits per heavy atom. The lowest BCUT2D eigenvalue weighted by molar-refractivity contribution is -0.145. The fourth-order valence-corrected chi connectivity index (χ4v) is 5.02. The van der Waals surface area contributed by atoms with Gasteiger partial charge in [-0.3, -0.25) is 4.79 Å². The van der Waals surface area contributed by atoms with Gasteiger partial charge in [0.15, 0.2) is 0 Å². The second-order valence-electron chi connectivity index (χ2n) is 8.71. The van der Waals surface area contributed by atoms with E-state index in [1.807, 2.05) is 13.8 Å². The molecule has 0 bridgehead atoms. The lowest BCUT2D eigenvalue weighted by Crippen LogP contribution is -2.57. The zero-order chi connectivity index (χ0) is 19.7. The van der Waals surface area contributed by atoms with E-state index in [0.29, 0.717) is 30.6 Å². The minimum absolute atomic E-state index is 0.0382. The molecule has 148 valence electrons. The first-order valence-corrected chi connectivity index (χ1v) is 10.6. The average molecular weight is 378 g/mol. The molecule has 2 aliphatic rings. The van der Waals surface area contributed by atoms with Crippen LogP contribution in [0.15, 0.2) is 54.6 Å². The maximum atomic E-state index is 12.7. The van der Waals surface area contributed by atoms with E-state index in [2.05, 4.69) is 66.8 Å². The highest BCUT2D eigenvalue weighted by molar-refractivity contribution is 5.81. The first-order valence-electron chi connectivity index (χ1n) is 10.6. The number of Topliss-reactive ketones (excluding diaryl/α,β-unsaturated/α-hetero) is 1. The van der Waals surface area contributed by atoms with Gasteiger partial charge >= 0.3 is 0 Å². The summed E-state index contributed by atoms with van der Waals surface area (Å²) >= 11 is 0. The Labute approximate surface area is 168 Å². The summed E-state index contributed by atoms with van der Waals surface area (Å²) in [6, 6.07) is 19.5. The van der Waals surface area contributed by atoms with Gasteiger partial charge in [0.2, 0.25) is 0 Å². The molecule has 4 rings (SSSR count). The number of anilines is 1. The Bertz CT molecular complexity index is 831. The third-order valence-corrected chi connectivity index (χ3v) is 6.71. The van der Waals surface area contributed by atoms with Crippen LogP contribution < -0.4 is 5.32 Å². The third kappa shape index (κ3) is 3.37. The Balaban J connectivity index is 1.69. The van der Waals surface area contributed by atoms with Crippen LogP contribution in [-0.2, 0) is 16.0 Å². The van der Waals surface area contributed by atoms with Crippen LogP contribution in [0.2, 0.25) is 0 Å². The Hall–Kier alpha value is -2.13. The SMILES string of the molecule is CCC1(CC(=O)C(C)C)OCC(Cc2ccccc2)C2c3ccccc3NC21.